The third-order valence-corrected chi connectivity index (χ3v) is 5.50. The second-order valence-electron chi connectivity index (χ2n) is 5.55. The summed E-state index contributed by atoms with van der Waals surface area (Å²) in [5.74, 6) is 0.848. The zero-order chi connectivity index (χ0) is 20.3. The largest absolute Gasteiger partial charge is 0.494 e. The molecular weight excluding hydrogens is 459 g/mol. The summed E-state index contributed by atoms with van der Waals surface area (Å²) in [6.07, 6.45) is -4.39. The molecule has 0 aliphatic carbocycles. The minimum Gasteiger partial charge on any atom is -0.494 e. The molecule has 1 aromatic heterocycles. The predicted molar refractivity (Wildman–Crippen MR) is 104 cm³/mol. The average Bonchev–Trinajstić information content (AvgIpc) is 3.04. The van der Waals surface area contributed by atoms with Crippen molar-refractivity contribution in [2.45, 2.75) is 6.18 Å². The lowest BCUT2D eigenvalue weighted by Crippen LogP contribution is -2.11. The van der Waals surface area contributed by atoms with E-state index in [0.29, 0.717) is 26.5 Å². The lowest BCUT2D eigenvalue weighted by Gasteiger charge is -2.10. The first-order valence-corrected chi connectivity index (χ1v) is 9.52. The summed E-state index contributed by atoms with van der Waals surface area (Å²) < 4.78 is 49.2. The third-order valence-electron chi connectivity index (χ3n) is 3.64. The summed E-state index contributed by atoms with van der Waals surface area (Å²) in [4.78, 5) is 12.8. The van der Waals surface area contributed by atoms with E-state index in [1.807, 2.05) is 0 Å². The predicted octanol–water partition coefficient (Wildman–Crippen LogP) is 6.58. The molecule has 0 fully saturated rings. The number of alkyl halides is 3. The molecule has 28 heavy (non-hydrogen) atoms. The van der Waals surface area contributed by atoms with Gasteiger partial charge in [0.1, 0.15) is 16.4 Å². The van der Waals surface area contributed by atoms with Crippen LogP contribution in [0.2, 0.25) is 0 Å². The minimum absolute atomic E-state index is 0.276. The minimum atomic E-state index is -4.39. The molecule has 0 saturated heterocycles. The summed E-state index contributed by atoms with van der Waals surface area (Å²) in [5, 5.41) is 4.51. The maximum Gasteiger partial charge on any atom is 0.416 e. The van der Waals surface area contributed by atoms with Crippen LogP contribution in [0.25, 0.3) is 0 Å². The Bertz CT molecular complexity index is 970. The van der Waals surface area contributed by atoms with Crippen LogP contribution >= 0.6 is 27.3 Å². The molecule has 1 heterocycles. The van der Waals surface area contributed by atoms with Gasteiger partial charge in [-0.3, -0.25) is 4.79 Å². The van der Waals surface area contributed by atoms with Crippen LogP contribution in [0, 0.1) is 0 Å². The topological polar surface area (TPSA) is 47.6 Å². The van der Waals surface area contributed by atoms with Crippen LogP contribution in [0.4, 0.5) is 18.9 Å². The second-order valence-corrected chi connectivity index (χ2v) is 7.28. The lowest BCUT2D eigenvalue weighted by molar-refractivity contribution is -0.137. The first-order chi connectivity index (χ1) is 13.3. The van der Waals surface area contributed by atoms with E-state index in [2.05, 4.69) is 21.2 Å². The van der Waals surface area contributed by atoms with E-state index in [0.717, 1.165) is 12.1 Å². The molecule has 4 nitrogen and oxygen atoms in total. The van der Waals surface area contributed by atoms with Crippen molar-refractivity contribution >= 4 is 38.9 Å². The molecular formula is C19H13BrF3NO3S. The standard InChI is InChI=1S/C19H13BrF3NO3S/c1-26-16-15(20)10-28-17(16)18(25)24-12-4-8-14(9-5-12)27-13-6-2-11(3-7-13)19(21,22)23/h2-10H,1H3,(H,24,25). The third kappa shape index (κ3) is 4.66. The van der Waals surface area contributed by atoms with Crippen LogP contribution in [0.5, 0.6) is 17.2 Å². The Balaban J connectivity index is 1.65. The van der Waals surface area contributed by atoms with Gasteiger partial charge in [-0.15, -0.1) is 11.3 Å². The van der Waals surface area contributed by atoms with E-state index < -0.39 is 11.7 Å². The molecule has 2 aromatic carbocycles. The Hall–Kier alpha value is -2.52. The van der Waals surface area contributed by atoms with Crippen LogP contribution in [0.3, 0.4) is 0 Å². The SMILES string of the molecule is COc1c(Br)csc1C(=O)Nc1ccc(Oc2ccc(C(F)(F)F)cc2)cc1. The smallest absolute Gasteiger partial charge is 0.416 e. The van der Waals surface area contributed by atoms with Gasteiger partial charge in [-0.1, -0.05) is 0 Å². The van der Waals surface area contributed by atoms with Gasteiger partial charge in [-0.05, 0) is 64.5 Å². The molecule has 0 unspecified atom stereocenters. The molecule has 1 N–H and O–H groups in total. The molecule has 0 atom stereocenters. The molecule has 3 rings (SSSR count). The summed E-state index contributed by atoms with van der Waals surface area (Å²) in [5.41, 5.74) is -0.204. The number of ether oxygens (including phenoxy) is 2. The molecule has 0 aliphatic heterocycles. The van der Waals surface area contributed by atoms with Gasteiger partial charge in [-0.2, -0.15) is 13.2 Å². The Labute approximate surface area is 171 Å². The quantitative estimate of drug-likeness (QED) is 0.456. The number of hydrogen-bond donors (Lipinski definition) is 1. The first-order valence-electron chi connectivity index (χ1n) is 7.85. The van der Waals surface area contributed by atoms with Crippen molar-refractivity contribution < 1.29 is 27.4 Å². The van der Waals surface area contributed by atoms with Crippen molar-refractivity contribution in [1.29, 1.82) is 0 Å². The van der Waals surface area contributed by atoms with Crippen LogP contribution in [0.15, 0.2) is 58.4 Å². The molecule has 0 radical (unpaired) electrons. The molecule has 0 saturated carbocycles. The van der Waals surface area contributed by atoms with E-state index in [9.17, 15) is 18.0 Å². The number of rotatable bonds is 5. The number of carbonyl (C=O) groups excluding carboxylic acids is 1. The number of carbonyl (C=O) groups is 1. The average molecular weight is 472 g/mol. The lowest BCUT2D eigenvalue weighted by atomic mass is 10.2. The number of methoxy groups -OCH3 is 1. The van der Waals surface area contributed by atoms with Gasteiger partial charge >= 0.3 is 6.18 Å². The van der Waals surface area contributed by atoms with Crippen LogP contribution in [0.1, 0.15) is 15.2 Å². The maximum absolute atomic E-state index is 12.6. The van der Waals surface area contributed by atoms with Gasteiger partial charge in [0, 0.05) is 11.1 Å². The Morgan fingerprint density at radius 1 is 1.04 bits per heavy atom. The Morgan fingerprint density at radius 3 is 2.14 bits per heavy atom. The van der Waals surface area contributed by atoms with Gasteiger partial charge in [-0.25, -0.2) is 0 Å². The number of hydrogen-bond acceptors (Lipinski definition) is 4. The van der Waals surface area contributed by atoms with Gasteiger partial charge in [0.25, 0.3) is 5.91 Å². The molecule has 9 heteroatoms. The van der Waals surface area contributed by atoms with Gasteiger partial charge < -0.3 is 14.8 Å². The van der Waals surface area contributed by atoms with Gasteiger partial charge in [0.15, 0.2) is 5.75 Å². The molecule has 0 bridgehead atoms. The fourth-order valence-electron chi connectivity index (χ4n) is 2.32. The maximum atomic E-state index is 12.6. The van der Waals surface area contributed by atoms with Crippen molar-refractivity contribution in [2.75, 3.05) is 12.4 Å². The summed E-state index contributed by atoms with van der Waals surface area (Å²) >= 11 is 4.56. The molecule has 0 spiro atoms. The first kappa shape index (κ1) is 20.2. The van der Waals surface area contributed by atoms with Crippen molar-refractivity contribution in [3.8, 4) is 17.2 Å². The number of halogens is 4. The van der Waals surface area contributed by atoms with Crippen molar-refractivity contribution in [3.05, 3.63) is 68.8 Å². The fourth-order valence-corrected chi connectivity index (χ4v) is 3.87. The Kier molecular flexibility index (Phi) is 5.95. The normalized spacial score (nSPS) is 11.2. The zero-order valence-electron chi connectivity index (χ0n) is 14.3. The zero-order valence-corrected chi connectivity index (χ0v) is 16.7. The van der Waals surface area contributed by atoms with E-state index >= 15 is 0 Å². The summed E-state index contributed by atoms with van der Waals surface area (Å²) in [7, 11) is 1.48. The molecule has 1 amide bonds. The summed E-state index contributed by atoms with van der Waals surface area (Å²) in [6.45, 7) is 0. The molecule has 0 aliphatic rings. The fraction of sp³-hybridized carbons (Fsp3) is 0.105. The summed E-state index contributed by atoms with van der Waals surface area (Å²) in [6, 6.07) is 10.9. The number of nitrogens with one attached hydrogen (secondary N) is 1. The highest BCUT2D eigenvalue weighted by Crippen LogP contribution is 2.35. The van der Waals surface area contributed by atoms with Crippen LogP contribution in [-0.2, 0) is 6.18 Å². The second kappa shape index (κ2) is 8.24. The highest BCUT2D eigenvalue weighted by molar-refractivity contribution is 9.10. The number of thiophene rings is 1. The van der Waals surface area contributed by atoms with Gasteiger partial charge in [0.05, 0.1) is 17.1 Å². The van der Waals surface area contributed by atoms with E-state index in [1.54, 1.807) is 29.6 Å². The van der Waals surface area contributed by atoms with E-state index in [1.165, 1.54) is 30.6 Å². The van der Waals surface area contributed by atoms with Crippen molar-refractivity contribution in [2.24, 2.45) is 0 Å². The van der Waals surface area contributed by atoms with E-state index in [4.69, 9.17) is 9.47 Å². The monoisotopic (exact) mass is 471 g/mol. The highest BCUT2D eigenvalue weighted by atomic mass is 79.9. The number of anilines is 1. The van der Waals surface area contributed by atoms with Crippen LogP contribution in [-0.4, -0.2) is 13.0 Å². The molecule has 146 valence electrons. The van der Waals surface area contributed by atoms with E-state index in [-0.39, 0.29) is 11.7 Å². The van der Waals surface area contributed by atoms with Crippen LogP contribution < -0.4 is 14.8 Å². The van der Waals surface area contributed by atoms with Crippen molar-refractivity contribution in [1.82, 2.24) is 0 Å². The number of amides is 1. The number of benzene rings is 2. The highest BCUT2D eigenvalue weighted by Gasteiger charge is 2.30. The molecule has 3 aromatic rings. The van der Waals surface area contributed by atoms with Gasteiger partial charge in [0.2, 0.25) is 0 Å². The Morgan fingerprint density at radius 2 is 1.61 bits per heavy atom. The van der Waals surface area contributed by atoms with Crippen molar-refractivity contribution in [3.63, 3.8) is 0 Å².